The van der Waals surface area contributed by atoms with E-state index in [0.29, 0.717) is 16.8 Å². The summed E-state index contributed by atoms with van der Waals surface area (Å²) in [5.74, 6) is -0.200. The number of hydrogen-bond acceptors (Lipinski definition) is 2. The third-order valence-corrected chi connectivity index (χ3v) is 3.64. The Bertz CT molecular complexity index is 724. The molecule has 0 fully saturated rings. The molecule has 2 aliphatic heterocycles. The molecule has 1 N–H and O–H groups in total. The van der Waals surface area contributed by atoms with Crippen LogP contribution in [0.4, 0.5) is 5.69 Å². The van der Waals surface area contributed by atoms with E-state index >= 15 is 0 Å². The Balaban J connectivity index is 1.97. The SMILES string of the molecule is O=C1N[C@H]2c3ccccc3C(=O)N2c2ccccc21. The number of fused-ring (bicyclic) bond motifs is 5. The predicted octanol–water partition coefficient (Wildman–Crippen LogP) is 2.09. The van der Waals surface area contributed by atoms with Crippen LogP contribution in [0.25, 0.3) is 0 Å². The first kappa shape index (κ1) is 10.3. The van der Waals surface area contributed by atoms with Crippen molar-refractivity contribution in [1.29, 1.82) is 0 Å². The van der Waals surface area contributed by atoms with Crippen LogP contribution >= 0.6 is 0 Å². The summed E-state index contributed by atoms with van der Waals surface area (Å²) in [4.78, 5) is 26.2. The van der Waals surface area contributed by atoms with Crippen LogP contribution in [0.5, 0.6) is 0 Å². The normalized spacial score (nSPS) is 19.6. The number of rotatable bonds is 0. The fourth-order valence-electron chi connectivity index (χ4n) is 2.78. The maximum absolute atomic E-state index is 12.5. The molecule has 2 aromatic rings. The molecule has 2 aromatic carbocycles. The first-order valence-corrected chi connectivity index (χ1v) is 6.10. The average Bonchev–Trinajstić information content (AvgIpc) is 2.73. The summed E-state index contributed by atoms with van der Waals surface area (Å²) in [6, 6.07) is 14.6. The molecule has 4 rings (SSSR count). The van der Waals surface area contributed by atoms with E-state index in [4.69, 9.17) is 0 Å². The minimum Gasteiger partial charge on any atom is -0.327 e. The second kappa shape index (κ2) is 3.45. The van der Waals surface area contributed by atoms with Crippen molar-refractivity contribution in [3.05, 3.63) is 65.2 Å². The van der Waals surface area contributed by atoms with Gasteiger partial charge in [0.25, 0.3) is 11.8 Å². The van der Waals surface area contributed by atoms with Crippen LogP contribution in [0.15, 0.2) is 48.5 Å². The topological polar surface area (TPSA) is 49.4 Å². The van der Waals surface area contributed by atoms with Gasteiger partial charge in [-0.1, -0.05) is 30.3 Å². The highest BCUT2D eigenvalue weighted by molar-refractivity contribution is 6.16. The summed E-state index contributed by atoms with van der Waals surface area (Å²) < 4.78 is 0. The molecule has 4 nitrogen and oxygen atoms in total. The number of amides is 2. The largest absolute Gasteiger partial charge is 0.327 e. The number of para-hydroxylation sites is 1. The van der Waals surface area contributed by atoms with Crippen LogP contribution in [-0.4, -0.2) is 11.8 Å². The minimum atomic E-state index is -0.383. The molecule has 0 bridgehead atoms. The zero-order chi connectivity index (χ0) is 13.0. The lowest BCUT2D eigenvalue weighted by Crippen LogP contribution is -2.45. The molecule has 0 aliphatic carbocycles. The lowest BCUT2D eigenvalue weighted by molar-refractivity contribution is 0.0912. The highest BCUT2D eigenvalue weighted by Crippen LogP contribution is 2.40. The Kier molecular flexibility index (Phi) is 1.87. The third kappa shape index (κ3) is 1.23. The van der Waals surface area contributed by atoms with Gasteiger partial charge in [-0.2, -0.15) is 0 Å². The number of hydrogen-bond donors (Lipinski definition) is 1. The van der Waals surface area contributed by atoms with Crippen LogP contribution in [0.1, 0.15) is 32.4 Å². The van der Waals surface area contributed by atoms with Crippen LogP contribution in [-0.2, 0) is 0 Å². The Hall–Kier alpha value is -2.62. The van der Waals surface area contributed by atoms with Gasteiger partial charge >= 0.3 is 0 Å². The number of anilines is 1. The highest BCUT2D eigenvalue weighted by atomic mass is 16.2. The maximum Gasteiger partial charge on any atom is 0.260 e. The van der Waals surface area contributed by atoms with Gasteiger partial charge in [0.2, 0.25) is 0 Å². The Morgan fingerprint density at radius 1 is 0.895 bits per heavy atom. The predicted molar refractivity (Wildman–Crippen MR) is 69.9 cm³/mol. The van der Waals surface area contributed by atoms with E-state index in [1.54, 1.807) is 23.1 Å². The standard InChI is InChI=1S/C15H10N2O2/c18-14-11-7-3-4-8-12(11)17-13(16-14)9-5-1-2-6-10(9)15(17)19/h1-8,13H,(H,16,18)/t13-/m1/s1. The van der Waals surface area contributed by atoms with Gasteiger partial charge in [0.1, 0.15) is 6.17 Å². The summed E-state index contributed by atoms with van der Waals surface area (Å²) in [5.41, 5.74) is 2.73. The third-order valence-electron chi connectivity index (χ3n) is 3.64. The molecule has 4 heteroatoms. The molecule has 2 heterocycles. The number of benzene rings is 2. The van der Waals surface area contributed by atoms with Crippen molar-refractivity contribution >= 4 is 17.5 Å². The average molecular weight is 250 g/mol. The number of carbonyl (C=O) groups is 2. The van der Waals surface area contributed by atoms with Gasteiger partial charge in [-0.25, -0.2) is 0 Å². The van der Waals surface area contributed by atoms with E-state index in [1.165, 1.54) is 0 Å². The van der Waals surface area contributed by atoms with Crippen molar-refractivity contribution in [3.8, 4) is 0 Å². The van der Waals surface area contributed by atoms with Gasteiger partial charge in [-0.05, 0) is 18.2 Å². The molecule has 0 aromatic heterocycles. The molecule has 92 valence electrons. The molecule has 0 radical (unpaired) electrons. The number of nitrogens with zero attached hydrogens (tertiary/aromatic N) is 1. The molecule has 0 spiro atoms. The molecule has 2 amide bonds. The zero-order valence-corrected chi connectivity index (χ0v) is 9.96. The molecule has 0 saturated carbocycles. The van der Waals surface area contributed by atoms with Gasteiger partial charge < -0.3 is 5.32 Å². The summed E-state index contributed by atoms with van der Waals surface area (Å²) in [6.07, 6.45) is -0.383. The first-order valence-electron chi connectivity index (χ1n) is 6.10. The Morgan fingerprint density at radius 2 is 1.58 bits per heavy atom. The van der Waals surface area contributed by atoms with Crippen molar-refractivity contribution in [2.45, 2.75) is 6.17 Å². The lowest BCUT2D eigenvalue weighted by atomic mass is 10.1. The minimum absolute atomic E-state index is 0.0620. The second-order valence-electron chi connectivity index (χ2n) is 4.66. The lowest BCUT2D eigenvalue weighted by Gasteiger charge is -2.32. The van der Waals surface area contributed by atoms with Gasteiger partial charge in [0.15, 0.2) is 0 Å². The van der Waals surface area contributed by atoms with E-state index in [2.05, 4.69) is 5.32 Å². The van der Waals surface area contributed by atoms with E-state index in [0.717, 1.165) is 5.56 Å². The van der Waals surface area contributed by atoms with E-state index < -0.39 is 0 Å². The van der Waals surface area contributed by atoms with Crippen molar-refractivity contribution in [2.75, 3.05) is 4.90 Å². The monoisotopic (exact) mass is 250 g/mol. The molecule has 19 heavy (non-hydrogen) atoms. The highest BCUT2D eigenvalue weighted by Gasteiger charge is 2.42. The van der Waals surface area contributed by atoms with Gasteiger partial charge in [-0.15, -0.1) is 0 Å². The number of nitrogens with one attached hydrogen (secondary N) is 1. The smallest absolute Gasteiger partial charge is 0.260 e. The molecular weight excluding hydrogens is 240 g/mol. The molecule has 1 atom stereocenters. The maximum atomic E-state index is 12.5. The summed E-state index contributed by atoms with van der Waals surface area (Å²) in [6.45, 7) is 0. The Labute approximate surface area is 109 Å². The van der Waals surface area contributed by atoms with Crippen molar-refractivity contribution in [2.24, 2.45) is 0 Å². The summed E-state index contributed by atoms with van der Waals surface area (Å²) in [7, 11) is 0. The van der Waals surface area contributed by atoms with Crippen LogP contribution in [0.2, 0.25) is 0 Å². The van der Waals surface area contributed by atoms with Crippen LogP contribution in [0.3, 0.4) is 0 Å². The van der Waals surface area contributed by atoms with E-state index in [-0.39, 0.29) is 18.0 Å². The van der Waals surface area contributed by atoms with Crippen molar-refractivity contribution < 1.29 is 9.59 Å². The van der Waals surface area contributed by atoms with Crippen molar-refractivity contribution in [1.82, 2.24) is 5.32 Å². The van der Waals surface area contributed by atoms with Gasteiger partial charge in [0.05, 0.1) is 11.3 Å². The molecular formula is C15H10N2O2. The zero-order valence-electron chi connectivity index (χ0n) is 9.96. The first-order chi connectivity index (χ1) is 9.27. The summed E-state index contributed by atoms with van der Waals surface area (Å²) in [5, 5.41) is 2.89. The number of carbonyl (C=O) groups excluding carboxylic acids is 2. The van der Waals surface area contributed by atoms with Gasteiger partial charge in [-0.3, -0.25) is 14.5 Å². The fourth-order valence-corrected chi connectivity index (χ4v) is 2.78. The quantitative estimate of drug-likeness (QED) is 0.778. The summed E-state index contributed by atoms with van der Waals surface area (Å²) >= 11 is 0. The molecule has 2 aliphatic rings. The van der Waals surface area contributed by atoms with Gasteiger partial charge in [0, 0.05) is 11.1 Å². The fraction of sp³-hybridized carbons (Fsp3) is 0.0667. The Morgan fingerprint density at radius 3 is 2.42 bits per heavy atom. The van der Waals surface area contributed by atoms with Crippen LogP contribution in [0, 0.1) is 0 Å². The van der Waals surface area contributed by atoms with Crippen LogP contribution < -0.4 is 10.2 Å². The molecule has 0 saturated heterocycles. The molecule has 0 unspecified atom stereocenters. The van der Waals surface area contributed by atoms with Crippen molar-refractivity contribution in [3.63, 3.8) is 0 Å². The van der Waals surface area contributed by atoms with E-state index in [1.807, 2.05) is 30.3 Å². The second-order valence-corrected chi connectivity index (χ2v) is 4.66. The van der Waals surface area contributed by atoms with E-state index in [9.17, 15) is 9.59 Å².